The molecule has 0 aliphatic heterocycles. The zero-order valence-corrected chi connectivity index (χ0v) is 15.3. The maximum absolute atomic E-state index is 5.88. The van der Waals surface area contributed by atoms with Gasteiger partial charge in [-0.25, -0.2) is 0 Å². The van der Waals surface area contributed by atoms with Crippen molar-refractivity contribution in [2.45, 2.75) is 26.2 Å². The van der Waals surface area contributed by atoms with Crippen LogP contribution in [0.5, 0.6) is 0 Å². The van der Waals surface area contributed by atoms with Crippen LogP contribution in [0, 0.1) is 0 Å². The number of nitrogens with two attached hydrogens (primary N) is 2. The first-order chi connectivity index (χ1) is 12.5. The molecule has 3 aromatic rings. The second kappa shape index (κ2) is 6.38. The van der Waals surface area contributed by atoms with Gasteiger partial charge in [-0.2, -0.15) is 0 Å². The van der Waals surface area contributed by atoms with E-state index in [2.05, 4.69) is 56.3 Å². The van der Waals surface area contributed by atoms with E-state index in [-0.39, 0.29) is 0 Å². The molecule has 0 bridgehead atoms. The van der Waals surface area contributed by atoms with Gasteiger partial charge in [0.2, 0.25) is 0 Å². The quantitative estimate of drug-likeness (QED) is 0.458. The number of benzene rings is 3. The molecule has 130 valence electrons. The van der Waals surface area contributed by atoms with Gasteiger partial charge >= 0.3 is 0 Å². The second-order valence-electron chi connectivity index (χ2n) is 7.17. The zero-order chi connectivity index (χ0) is 18.3. The molecule has 26 heavy (non-hydrogen) atoms. The first-order valence-corrected chi connectivity index (χ1v) is 9.09. The van der Waals surface area contributed by atoms with E-state index in [0.717, 1.165) is 17.8 Å². The Kier molecular flexibility index (Phi) is 4.04. The van der Waals surface area contributed by atoms with Crippen molar-refractivity contribution in [1.29, 1.82) is 0 Å². The van der Waals surface area contributed by atoms with Crippen LogP contribution in [0.1, 0.15) is 30.9 Å². The molecule has 4 N–H and O–H groups in total. The smallest absolute Gasteiger partial charge is 0.0314 e. The molecule has 2 heteroatoms. The maximum atomic E-state index is 5.88. The van der Waals surface area contributed by atoms with Crippen LogP contribution < -0.4 is 11.5 Å². The molecular formula is C24H24N2. The van der Waals surface area contributed by atoms with E-state index in [4.69, 9.17) is 11.5 Å². The lowest BCUT2D eigenvalue weighted by Crippen LogP contribution is -2.10. The Morgan fingerprint density at radius 3 is 1.81 bits per heavy atom. The number of hydrogen-bond donors (Lipinski definition) is 2. The number of fused-ring (bicyclic) bond motifs is 1. The molecule has 0 saturated heterocycles. The van der Waals surface area contributed by atoms with E-state index in [0.29, 0.717) is 5.92 Å². The van der Waals surface area contributed by atoms with Gasteiger partial charge < -0.3 is 11.5 Å². The van der Waals surface area contributed by atoms with Crippen LogP contribution in [0.2, 0.25) is 0 Å². The molecule has 0 fully saturated rings. The van der Waals surface area contributed by atoms with Gasteiger partial charge in [0.1, 0.15) is 0 Å². The summed E-state index contributed by atoms with van der Waals surface area (Å²) in [5.41, 5.74) is 22.7. The molecule has 0 spiro atoms. The molecule has 3 aromatic carbocycles. The highest BCUT2D eigenvalue weighted by Gasteiger charge is 2.23. The van der Waals surface area contributed by atoms with Gasteiger partial charge in [0, 0.05) is 17.3 Å². The number of rotatable bonds is 2. The molecule has 0 saturated carbocycles. The Balaban J connectivity index is 1.93. The molecule has 1 aliphatic carbocycles. The van der Waals surface area contributed by atoms with E-state index in [1.807, 2.05) is 24.3 Å². The van der Waals surface area contributed by atoms with Crippen LogP contribution >= 0.6 is 0 Å². The summed E-state index contributed by atoms with van der Waals surface area (Å²) in [6.45, 7) is 4.54. The summed E-state index contributed by atoms with van der Waals surface area (Å²) in [7, 11) is 0. The van der Waals surface area contributed by atoms with Crippen molar-refractivity contribution in [2.24, 2.45) is 0 Å². The van der Waals surface area contributed by atoms with Gasteiger partial charge in [-0.1, -0.05) is 55.0 Å². The van der Waals surface area contributed by atoms with Gasteiger partial charge in [-0.15, -0.1) is 0 Å². The third kappa shape index (κ3) is 2.78. The van der Waals surface area contributed by atoms with Crippen molar-refractivity contribution in [3.63, 3.8) is 0 Å². The number of hydrogen-bond acceptors (Lipinski definition) is 2. The highest BCUT2D eigenvalue weighted by molar-refractivity contribution is 5.80. The van der Waals surface area contributed by atoms with E-state index >= 15 is 0 Å². The molecule has 1 unspecified atom stereocenters. The largest absolute Gasteiger partial charge is 0.399 e. The van der Waals surface area contributed by atoms with Crippen LogP contribution in [-0.4, -0.2) is 0 Å². The van der Waals surface area contributed by atoms with E-state index in [9.17, 15) is 0 Å². The normalized spacial score (nSPS) is 16.1. The monoisotopic (exact) mass is 340 g/mol. The van der Waals surface area contributed by atoms with Crippen molar-refractivity contribution in [3.8, 4) is 22.3 Å². The molecule has 1 aliphatic rings. The summed E-state index contributed by atoms with van der Waals surface area (Å²) in [5, 5.41) is 0. The fraction of sp³-hybridized carbons (Fsp3) is 0.167. The average Bonchev–Trinajstić information content (AvgIpc) is 2.65. The van der Waals surface area contributed by atoms with E-state index in [1.165, 1.54) is 39.0 Å². The number of allylic oxidation sites excluding steroid dienone is 2. The SMILES string of the molecule is CC1=CCc2c(-c3ccc(N)cc3)ccc(-c3ccc(N)cc3)c2C1C. The lowest BCUT2D eigenvalue weighted by atomic mass is 9.76. The summed E-state index contributed by atoms with van der Waals surface area (Å²) in [4.78, 5) is 0. The van der Waals surface area contributed by atoms with Gasteiger partial charge in [-0.05, 0) is 71.0 Å². The Bertz CT molecular complexity index is 980. The molecule has 0 heterocycles. The standard InChI is InChI=1S/C24H24N2/c1-15-3-12-23-21(17-4-8-19(25)9-5-17)13-14-22(24(23)16(15)2)18-6-10-20(26)11-7-18/h3-11,13-14,16H,12,25-26H2,1-2H3. The van der Waals surface area contributed by atoms with Crippen LogP contribution in [0.3, 0.4) is 0 Å². The summed E-state index contributed by atoms with van der Waals surface area (Å²) in [6, 6.07) is 20.9. The molecule has 1 atom stereocenters. The minimum atomic E-state index is 0.403. The average molecular weight is 340 g/mol. The predicted molar refractivity (Wildman–Crippen MR) is 112 cm³/mol. The lowest BCUT2D eigenvalue weighted by Gasteiger charge is -2.28. The zero-order valence-electron chi connectivity index (χ0n) is 15.3. The Labute approximate surface area is 155 Å². The Morgan fingerprint density at radius 2 is 1.23 bits per heavy atom. The first kappa shape index (κ1) is 16.5. The van der Waals surface area contributed by atoms with Crippen molar-refractivity contribution >= 4 is 11.4 Å². The van der Waals surface area contributed by atoms with Gasteiger partial charge in [-0.3, -0.25) is 0 Å². The molecular weight excluding hydrogens is 316 g/mol. The summed E-state index contributed by atoms with van der Waals surface area (Å²) >= 11 is 0. The summed E-state index contributed by atoms with van der Waals surface area (Å²) in [6.07, 6.45) is 3.33. The summed E-state index contributed by atoms with van der Waals surface area (Å²) < 4.78 is 0. The van der Waals surface area contributed by atoms with Crippen molar-refractivity contribution in [1.82, 2.24) is 0 Å². The fourth-order valence-corrected chi connectivity index (χ4v) is 3.89. The second-order valence-corrected chi connectivity index (χ2v) is 7.17. The first-order valence-electron chi connectivity index (χ1n) is 9.09. The van der Waals surface area contributed by atoms with Gasteiger partial charge in [0.05, 0.1) is 0 Å². The van der Waals surface area contributed by atoms with E-state index < -0.39 is 0 Å². The molecule has 0 amide bonds. The van der Waals surface area contributed by atoms with Gasteiger partial charge in [0.25, 0.3) is 0 Å². The highest BCUT2D eigenvalue weighted by atomic mass is 14.5. The van der Waals surface area contributed by atoms with Crippen molar-refractivity contribution in [3.05, 3.63) is 83.4 Å². The molecule has 0 radical (unpaired) electrons. The fourth-order valence-electron chi connectivity index (χ4n) is 3.89. The van der Waals surface area contributed by atoms with Crippen molar-refractivity contribution < 1.29 is 0 Å². The van der Waals surface area contributed by atoms with Crippen LogP contribution in [-0.2, 0) is 6.42 Å². The van der Waals surface area contributed by atoms with Gasteiger partial charge in [0.15, 0.2) is 0 Å². The maximum Gasteiger partial charge on any atom is 0.0314 e. The minimum Gasteiger partial charge on any atom is -0.399 e. The van der Waals surface area contributed by atoms with Crippen LogP contribution in [0.25, 0.3) is 22.3 Å². The Hall–Kier alpha value is -3.00. The topological polar surface area (TPSA) is 52.0 Å². The van der Waals surface area contributed by atoms with Crippen LogP contribution in [0.4, 0.5) is 11.4 Å². The van der Waals surface area contributed by atoms with Crippen LogP contribution in [0.15, 0.2) is 72.3 Å². The number of anilines is 2. The minimum absolute atomic E-state index is 0.403. The van der Waals surface area contributed by atoms with E-state index in [1.54, 1.807) is 0 Å². The molecule has 0 aromatic heterocycles. The predicted octanol–water partition coefficient (Wildman–Crippen LogP) is 5.79. The Morgan fingerprint density at radius 1 is 0.731 bits per heavy atom. The third-order valence-electron chi connectivity index (χ3n) is 5.54. The molecule has 2 nitrogen and oxygen atoms in total. The lowest BCUT2D eigenvalue weighted by molar-refractivity contribution is 0.845. The third-order valence-corrected chi connectivity index (χ3v) is 5.54. The summed E-state index contributed by atoms with van der Waals surface area (Å²) in [5.74, 6) is 0.403. The van der Waals surface area contributed by atoms with Crippen molar-refractivity contribution in [2.75, 3.05) is 11.5 Å². The molecule has 4 rings (SSSR count). The highest BCUT2D eigenvalue weighted by Crippen LogP contribution is 2.43. The number of nitrogen functional groups attached to an aromatic ring is 2.